The zero-order chi connectivity index (χ0) is 11.0. The van der Waals surface area contributed by atoms with Crippen LogP contribution in [0.5, 0.6) is 5.75 Å². The highest BCUT2D eigenvalue weighted by atomic mass is 17.2. The number of aliphatic hydroxyl groups is 1. The van der Waals surface area contributed by atoms with Crippen molar-refractivity contribution >= 4 is 5.69 Å². The van der Waals surface area contributed by atoms with Crippen molar-refractivity contribution in [2.75, 3.05) is 0 Å². The van der Waals surface area contributed by atoms with Gasteiger partial charge >= 0.3 is 0 Å². The quantitative estimate of drug-likeness (QED) is 0.455. The highest BCUT2D eigenvalue weighted by molar-refractivity contribution is 5.51. The number of nitro groups is 1. The molecule has 1 heterocycles. The largest absolute Gasteiger partial charge is 0.388 e. The minimum absolute atomic E-state index is 0.158. The zero-order valence-corrected chi connectivity index (χ0v) is 7.97. The van der Waals surface area contributed by atoms with E-state index in [-0.39, 0.29) is 17.9 Å². The van der Waals surface area contributed by atoms with Gasteiger partial charge in [0.25, 0.3) is 5.69 Å². The van der Waals surface area contributed by atoms with Crippen LogP contribution >= 0.6 is 0 Å². The standard InChI is InChI=1S/C9H9NO5/c1-5(11)7-2-6-4-14-15-9(6)3-8(7)10(12)13/h2-3,5,11H,4H2,1H3. The first-order chi connectivity index (χ1) is 7.09. The van der Waals surface area contributed by atoms with Crippen molar-refractivity contribution in [2.24, 2.45) is 0 Å². The molecule has 0 bridgehead atoms. The van der Waals surface area contributed by atoms with Crippen LogP contribution in [0.4, 0.5) is 5.69 Å². The van der Waals surface area contributed by atoms with E-state index in [1.54, 1.807) is 0 Å². The molecular formula is C9H9NO5. The average molecular weight is 211 g/mol. The van der Waals surface area contributed by atoms with Crippen LogP contribution in [0.25, 0.3) is 0 Å². The average Bonchev–Trinajstić information content (AvgIpc) is 2.61. The van der Waals surface area contributed by atoms with Gasteiger partial charge in [0, 0.05) is 5.56 Å². The Hall–Kier alpha value is -1.66. The lowest BCUT2D eigenvalue weighted by Crippen LogP contribution is -2.00. The molecule has 1 aliphatic heterocycles. The summed E-state index contributed by atoms with van der Waals surface area (Å²) in [4.78, 5) is 19.6. The van der Waals surface area contributed by atoms with E-state index in [0.29, 0.717) is 11.3 Å². The number of nitrogens with zero attached hydrogens (tertiary/aromatic N) is 1. The summed E-state index contributed by atoms with van der Waals surface area (Å²) in [5, 5.41) is 20.1. The minimum Gasteiger partial charge on any atom is -0.388 e. The van der Waals surface area contributed by atoms with Gasteiger partial charge in [0.05, 0.1) is 22.7 Å². The predicted molar refractivity (Wildman–Crippen MR) is 49.1 cm³/mol. The molecule has 0 saturated heterocycles. The molecule has 0 aliphatic carbocycles. The van der Waals surface area contributed by atoms with Crippen molar-refractivity contribution < 1.29 is 19.8 Å². The lowest BCUT2D eigenvalue weighted by Gasteiger charge is -2.06. The SMILES string of the molecule is CC(O)c1cc2c(cc1[N+](=O)[O-])OOC2. The Balaban J connectivity index is 2.57. The molecule has 0 amide bonds. The number of aliphatic hydroxyl groups excluding tert-OH is 1. The summed E-state index contributed by atoms with van der Waals surface area (Å²) in [7, 11) is 0. The molecule has 80 valence electrons. The van der Waals surface area contributed by atoms with Crippen molar-refractivity contribution in [3.05, 3.63) is 33.4 Å². The lowest BCUT2D eigenvalue weighted by molar-refractivity contribution is -0.386. The number of nitro benzene ring substituents is 1. The highest BCUT2D eigenvalue weighted by Crippen LogP contribution is 2.35. The maximum atomic E-state index is 10.7. The zero-order valence-electron chi connectivity index (χ0n) is 7.97. The summed E-state index contributed by atoms with van der Waals surface area (Å²) >= 11 is 0. The van der Waals surface area contributed by atoms with E-state index in [2.05, 4.69) is 4.89 Å². The van der Waals surface area contributed by atoms with Crippen molar-refractivity contribution in [3.63, 3.8) is 0 Å². The van der Waals surface area contributed by atoms with Gasteiger partial charge < -0.3 is 9.99 Å². The van der Waals surface area contributed by atoms with Crippen LogP contribution < -0.4 is 4.89 Å². The van der Waals surface area contributed by atoms with E-state index in [1.807, 2.05) is 0 Å². The van der Waals surface area contributed by atoms with Gasteiger partial charge in [0.15, 0.2) is 5.75 Å². The van der Waals surface area contributed by atoms with Gasteiger partial charge in [-0.2, -0.15) is 4.89 Å². The monoisotopic (exact) mass is 211 g/mol. The topological polar surface area (TPSA) is 81.8 Å². The Kier molecular flexibility index (Phi) is 2.29. The van der Waals surface area contributed by atoms with Crippen molar-refractivity contribution in [3.8, 4) is 5.75 Å². The van der Waals surface area contributed by atoms with E-state index in [9.17, 15) is 15.2 Å². The fourth-order valence-corrected chi connectivity index (χ4v) is 1.47. The Labute approximate surface area is 85.1 Å². The van der Waals surface area contributed by atoms with Gasteiger partial charge in [-0.25, -0.2) is 0 Å². The lowest BCUT2D eigenvalue weighted by atomic mass is 10.0. The minimum atomic E-state index is -0.892. The van der Waals surface area contributed by atoms with E-state index < -0.39 is 11.0 Å². The molecule has 0 spiro atoms. The second kappa shape index (κ2) is 3.48. The molecule has 0 aromatic heterocycles. The summed E-state index contributed by atoms with van der Waals surface area (Å²) in [6.07, 6.45) is -0.892. The molecule has 15 heavy (non-hydrogen) atoms. The second-order valence-corrected chi connectivity index (χ2v) is 3.30. The molecule has 2 rings (SSSR count). The Morgan fingerprint density at radius 2 is 2.33 bits per heavy atom. The first-order valence-electron chi connectivity index (χ1n) is 4.38. The normalized spacial score (nSPS) is 15.6. The summed E-state index contributed by atoms with van der Waals surface area (Å²) in [6, 6.07) is 2.80. The Morgan fingerprint density at radius 3 is 2.93 bits per heavy atom. The van der Waals surface area contributed by atoms with Gasteiger partial charge in [-0.3, -0.25) is 10.1 Å². The molecule has 1 atom stereocenters. The molecular weight excluding hydrogens is 202 g/mol. The van der Waals surface area contributed by atoms with Gasteiger partial charge in [0.1, 0.15) is 6.61 Å². The first-order valence-corrected chi connectivity index (χ1v) is 4.38. The van der Waals surface area contributed by atoms with Crippen LogP contribution in [0.15, 0.2) is 12.1 Å². The first kappa shape index (κ1) is 9.88. The fraction of sp³-hybridized carbons (Fsp3) is 0.333. The van der Waals surface area contributed by atoms with Crippen LogP contribution in [-0.2, 0) is 11.5 Å². The highest BCUT2D eigenvalue weighted by Gasteiger charge is 2.25. The van der Waals surface area contributed by atoms with Crippen LogP contribution in [0, 0.1) is 10.1 Å². The number of hydrogen-bond donors (Lipinski definition) is 1. The van der Waals surface area contributed by atoms with Gasteiger partial charge in [-0.1, -0.05) is 0 Å². The third-order valence-corrected chi connectivity index (χ3v) is 2.22. The van der Waals surface area contributed by atoms with Crippen LogP contribution in [0.1, 0.15) is 24.2 Å². The van der Waals surface area contributed by atoms with Gasteiger partial charge in [-0.15, -0.1) is 0 Å². The van der Waals surface area contributed by atoms with Crippen molar-refractivity contribution in [1.29, 1.82) is 0 Å². The van der Waals surface area contributed by atoms with Crippen LogP contribution in [0.3, 0.4) is 0 Å². The molecule has 1 aliphatic rings. The summed E-state index contributed by atoms with van der Waals surface area (Å²) in [5.74, 6) is 0.339. The molecule has 1 unspecified atom stereocenters. The molecule has 1 aromatic carbocycles. The van der Waals surface area contributed by atoms with Crippen molar-refractivity contribution in [2.45, 2.75) is 19.6 Å². The van der Waals surface area contributed by atoms with Crippen molar-refractivity contribution in [1.82, 2.24) is 0 Å². The summed E-state index contributed by atoms with van der Waals surface area (Å²) < 4.78 is 0. The van der Waals surface area contributed by atoms with Gasteiger partial charge in [0.2, 0.25) is 0 Å². The van der Waals surface area contributed by atoms with Crippen LogP contribution in [0.2, 0.25) is 0 Å². The number of rotatable bonds is 2. The molecule has 6 heteroatoms. The van der Waals surface area contributed by atoms with E-state index in [1.165, 1.54) is 19.1 Å². The maximum Gasteiger partial charge on any atom is 0.279 e. The molecule has 0 radical (unpaired) electrons. The summed E-state index contributed by atoms with van der Waals surface area (Å²) in [6.45, 7) is 1.72. The maximum absolute atomic E-state index is 10.7. The second-order valence-electron chi connectivity index (χ2n) is 3.30. The van der Waals surface area contributed by atoms with Gasteiger partial charge in [-0.05, 0) is 13.0 Å². The van der Waals surface area contributed by atoms with E-state index >= 15 is 0 Å². The third-order valence-electron chi connectivity index (χ3n) is 2.22. The summed E-state index contributed by atoms with van der Waals surface area (Å²) in [5.41, 5.74) is 0.818. The smallest absolute Gasteiger partial charge is 0.279 e. The Morgan fingerprint density at radius 1 is 1.60 bits per heavy atom. The van der Waals surface area contributed by atoms with E-state index in [4.69, 9.17) is 4.89 Å². The van der Waals surface area contributed by atoms with Crippen LogP contribution in [-0.4, -0.2) is 10.0 Å². The number of hydrogen-bond acceptors (Lipinski definition) is 5. The number of fused-ring (bicyclic) bond motifs is 1. The number of benzene rings is 1. The fourth-order valence-electron chi connectivity index (χ4n) is 1.47. The molecule has 1 aromatic rings. The molecule has 1 N–H and O–H groups in total. The predicted octanol–water partition coefficient (Wildman–Crippen LogP) is 1.47. The molecule has 0 fully saturated rings. The Bertz CT molecular complexity index is 415. The molecule has 0 saturated carbocycles. The van der Waals surface area contributed by atoms with E-state index in [0.717, 1.165) is 0 Å². The third kappa shape index (κ3) is 1.64. The molecule has 6 nitrogen and oxygen atoms in total.